The number of amides is 1. The first-order chi connectivity index (χ1) is 13.9. The van der Waals surface area contributed by atoms with Crippen LogP contribution in [0.4, 0.5) is 5.82 Å². The van der Waals surface area contributed by atoms with Crippen molar-refractivity contribution in [3.8, 4) is 5.75 Å². The lowest BCUT2D eigenvalue weighted by Crippen LogP contribution is -2.34. The van der Waals surface area contributed by atoms with Gasteiger partial charge in [0, 0.05) is 0 Å². The van der Waals surface area contributed by atoms with Crippen LogP contribution in [0.1, 0.15) is 33.3 Å². The Morgan fingerprint density at radius 1 is 1.17 bits per heavy atom. The Morgan fingerprint density at radius 2 is 1.97 bits per heavy atom. The number of nitrogens with one attached hydrogen (secondary N) is 2. The summed E-state index contributed by atoms with van der Waals surface area (Å²) in [4.78, 5) is 33.8. The molecule has 2 aromatic heterocycles. The minimum absolute atomic E-state index is 0.151. The Morgan fingerprint density at radius 3 is 2.72 bits per heavy atom. The predicted octanol–water partition coefficient (Wildman–Crippen LogP) is 3.32. The van der Waals surface area contributed by atoms with Crippen LogP contribution in [0.5, 0.6) is 5.75 Å². The van der Waals surface area contributed by atoms with Crippen LogP contribution in [0.3, 0.4) is 0 Å². The second-order valence-electron chi connectivity index (χ2n) is 6.41. The summed E-state index contributed by atoms with van der Waals surface area (Å²) >= 11 is 1.23. The Hall–Kier alpha value is -3.20. The first-order valence-corrected chi connectivity index (χ1v) is 9.88. The summed E-state index contributed by atoms with van der Waals surface area (Å²) in [7, 11) is 0. The zero-order valence-corrected chi connectivity index (χ0v) is 17.5. The molecule has 0 spiro atoms. The zero-order valence-electron chi connectivity index (χ0n) is 16.7. The van der Waals surface area contributed by atoms with Gasteiger partial charge in [0.15, 0.2) is 12.4 Å². The molecule has 0 fully saturated rings. The topological polar surface area (TPSA) is 102 Å². The number of benzene rings is 1. The van der Waals surface area contributed by atoms with E-state index in [9.17, 15) is 9.59 Å². The van der Waals surface area contributed by atoms with Crippen molar-refractivity contribution in [2.24, 2.45) is 0 Å². The summed E-state index contributed by atoms with van der Waals surface area (Å²) in [5, 5.41) is 0.663. The molecule has 9 heteroatoms. The van der Waals surface area contributed by atoms with E-state index in [1.807, 2.05) is 32.0 Å². The van der Waals surface area contributed by atoms with Gasteiger partial charge in [-0.25, -0.2) is 14.8 Å². The highest BCUT2D eigenvalue weighted by atomic mass is 32.1. The van der Waals surface area contributed by atoms with E-state index in [1.165, 1.54) is 17.7 Å². The highest BCUT2D eigenvalue weighted by molar-refractivity contribution is 7.20. The number of rotatable bonds is 7. The van der Waals surface area contributed by atoms with Crippen molar-refractivity contribution < 1.29 is 19.1 Å². The predicted molar refractivity (Wildman–Crippen MR) is 111 cm³/mol. The van der Waals surface area contributed by atoms with E-state index in [1.54, 1.807) is 13.8 Å². The molecule has 2 N–H and O–H groups in total. The molecule has 8 nitrogen and oxygen atoms in total. The van der Waals surface area contributed by atoms with Crippen LogP contribution in [-0.4, -0.2) is 35.1 Å². The Labute approximate surface area is 172 Å². The normalized spacial score (nSPS) is 10.6. The minimum atomic E-state index is -0.398. The summed E-state index contributed by atoms with van der Waals surface area (Å²) in [6, 6.07) is 5.81. The van der Waals surface area contributed by atoms with Gasteiger partial charge < -0.3 is 9.47 Å². The molecule has 29 heavy (non-hydrogen) atoms. The van der Waals surface area contributed by atoms with Crippen LogP contribution in [0, 0.1) is 20.8 Å². The number of fused-ring (bicyclic) bond motifs is 1. The van der Waals surface area contributed by atoms with Gasteiger partial charge in [-0.15, -0.1) is 11.3 Å². The SMILES string of the molecule is CCOC(=O)c1sc2ncnc(NNC(=O)COc3cc(C)ccc3C)c2c1C. The standard InChI is InChI=1S/C20H22N4O4S/c1-5-27-20(26)17-13(4)16-18(21-10-22-19(16)29-17)24-23-15(25)9-28-14-8-11(2)6-7-12(14)3/h6-8,10H,5,9H2,1-4H3,(H,23,25)(H,21,22,24). The molecule has 0 radical (unpaired) electrons. The van der Waals surface area contributed by atoms with Crippen LogP contribution in [0.25, 0.3) is 10.2 Å². The number of hydrazine groups is 1. The number of thiophene rings is 1. The number of hydrogen-bond donors (Lipinski definition) is 2. The molecule has 0 saturated heterocycles. The van der Waals surface area contributed by atoms with Crippen molar-refractivity contribution in [3.63, 3.8) is 0 Å². The van der Waals surface area contributed by atoms with E-state index in [4.69, 9.17) is 9.47 Å². The molecule has 3 rings (SSSR count). The fraction of sp³-hybridized carbons (Fsp3) is 0.300. The number of anilines is 1. The molecule has 2 heterocycles. The smallest absolute Gasteiger partial charge is 0.348 e. The fourth-order valence-corrected chi connectivity index (χ4v) is 3.77. The third kappa shape index (κ3) is 4.62. The van der Waals surface area contributed by atoms with Gasteiger partial charge in [0.2, 0.25) is 0 Å². The zero-order chi connectivity index (χ0) is 21.0. The summed E-state index contributed by atoms with van der Waals surface area (Å²) in [5.41, 5.74) is 8.08. The van der Waals surface area contributed by atoms with E-state index in [2.05, 4.69) is 20.8 Å². The maximum Gasteiger partial charge on any atom is 0.348 e. The first-order valence-electron chi connectivity index (χ1n) is 9.06. The summed E-state index contributed by atoms with van der Waals surface area (Å²) in [5.74, 6) is 0.304. The molecule has 1 amide bonds. The van der Waals surface area contributed by atoms with Gasteiger partial charge in [-0.2, -0.15) is 0 Å². The maximum absolute atomic E-state index is 12.2. The maximum atomic E-state index is 12.2. The molecule has 0 aliphatic carbocycles. The number of nitrogens with zero attached hydrogens (tertiary/aromatic N) is 2. The molecule has 0 atom stereocenters. The van der Waals surface area contributed by atoms with Gasteiger partial charge in [-0.05, 0) is 50.5 Å². The third-order valence-electron chi connectivity index (χ3n) is 4.21. The number of aromatic nitrogens is 2. The lowest BCUT2D eigenvalue weighted by atomic mass is 10.1. The molecule has 0 saturated carbocycles. The van der Waals surface area contributed by atoms with Gasteiger partial charge in [0.1, 0.15) is 21.8 Å². The highest BCUT2D eigenvalue weighted by Gasteiger charge is 2.20. The van der Waals surface area contributed by atoms with Gasteiger partial charge in [0.05, 0.1) is 12.0 Å². The molecule has 0 aliphatic heterocycles. The van der Waals surface area contributed by atoms with Gasteiger partial charge in [-0.3, -0.25) is 15.6 Å². The second-order valence-corrected chi connectivity index (χ2v) is 7.41. The van der Waals surface area contributed by atoms with Crippen molar-refractivity contribution in [2.45, 2.75) is 27.7 Å². The molecule has 0 aliphatic rings. The number of ether oxygens (including phenoxy) is 2. The Bertz CT molecular complexity index is 1060. The van der Waals surface area contributed by atoms with Crippen molar-refractivity contribution in [1.29, 1.82) is 0 Å². The van der Waals surface area contributed by atoms with Crippen LogP contribution >= 0.6 is 11.3 Å². The number of aryl methyl sites for hydroxylation is 3. The third-order valence-corrected chi connectivity index (χ3v) is 5.39. The molecule has 152 valence electrons. The van der Waals surface area contributed by atoms with Gasteiger partial charge >= 0.3 is 5.97 Å². The van der Waals surface area contributed by atoms with E-state index in [-0.39, 0.29) is 12.5 Å². The molecule has 3 aromatic rings. The molecule has 0 bridgehead atoms. The highest BCUT2D eigenvalue weighted by Crippen LogP contribution is 2.33. The summed E-state index contributed by atoms with van der Waals surface area (Å²) in [6.07, 6.45) is 1.37. The lowest BCUT2D eigenvalue weighted by molar-refractivity contribution is -0.122. The van der Waals surface area contributed by atoms with Gasteiger partial charge in [-0.1, -0.05) is 12.1 Å². The molecular weight excluding hydrogens is 392 g/mol. The largest absolute Gasteiger partial charge is 0.483 e. The van der Waals surface area contributed by atoms with Crippen molar-refractivity contribution in [2.75, 3.05) is 18.6 Å². The average Bonchev–Trinajstić information content (AvgIpc) is 3.04. The quantitative estimate of drug-likeness (QED) is 0.452. The Kier molecular flexibility index (Phi) is 6.28. The van der Waals surface area contributed by atoms with Gasteiger partial charge in [0.25, 0.3) is 5.91 Å². The van der Waals surface area contributed by atoms with Crippen LogP contribution in [0.15, 0.2) is 24.5 Å². The summed E-state index contributed by atoms with van der Waals surface area (Å²) in [6.45, 7) is 7.57. The number of hydrogen-bond acceptors (Lipinski definition) is 8. The van der Waals surface area contributed by atoms with E-state index >= 15 is 0 Å². The summed E-state index contributed by atoms with van der Waals surface area (Å²) < 4.78 is 10.7. The fourth-order valence-electron chi connectivity index (χ4n) is 2.73. The van der Waals surface area contributed by atoms with E-state index in [0.29, 0.717) is 38.8 Å². The second kappa shape index (κ2) is 8.87. The van der Waals surface area contributed by atoms with Crippen LogP contribution < -0.4 is 15.6 Å². The monoisotopic (exact) mass is 414 g/mol. The molecular formula is C20H22N4O4S. The average molecular weight is 414 g/mol. The van der Waals surface area contributed by atoms with Crippen molar-refractivity contribution in [1.82, 2.24) is 15.4 Å². The van der Waals surface area contributed by atoms with Crippen LogP contribution in [-0.2, 0) is 9.53 Å². The van der Waals surface area contributed by atoms with Crippen molar-refractivity contribution >= 4 is 39.2 Å². The number of esters is 1. The van der Waals surface area contributed by atoms with E-state index < -0.39 is 5.97 Å². The van der Waals surface area contributed by atoms with Crippen molar-refractivity contribution in [3.05, 3.63) is 46.1 Å². The van der Waals surface area contributed by atoms with Crippen LogP contribution in [0.2, 0.25) is 0 Å². The molecule has 0 unspecified atom stereocenters. The molecule has 1 aromatic carbocycles. The lowest BCUT2D eigenvalue weighted by Gasteiger charge is -2.11. The number of carbonyl (C=O) groups excluding carboxylic acids is 2. The minimum Gasteiger partial charge on any atom is -0.483 e. The Balaban J connectivity index is 1.69. The van der Waals surface area contributed by atoms with E-state index in [0.717, 1.165) is 11.1 Å². The number of carbonyl (C=O) groups is 2. The first kappa shape index (κ1) is 20.5.